The van der Waals surface area contributed by atoms with Gasteiger partial charge >= 0.3 is 0 Å². The second kappa shape index (κ2) is 8.48. The molecule has 0 saturated carbocycles. The van der Waals surface area contributed by atoms with E-state index < -0.39 is 0 Å². The number of aryl methyl sites for hydroxylation is 1. The highest BCUT2D eigenvalue weighted by Gasteiger charge is 1.98. The molecular weight excluding hydrogens is 250 g/mol. The van der Waals surface area contributed by atoms with Crippen LogP contribution < -0.4 is 5.32 Å². The van der Waals surface area contributed by atoms with Crippen molar-refractivity contribution in [3.05, 3.63) is 35.4 Å². The van der Waals surface area contributed by atoms with E-state index in [1.807, 2.05) is 18.0 Å². The molecule has 2 nitrogen and oxygen atoms in total. The fourth-order valence-corrected chi connectivity index (χ4v) is 2.50. The van der Waals surface area contributed by atoms with Crippen LogP contribution >= 0.6 is 23.5 Å². The molecule has 4 heteroatoms. The molecule has 0 heterocycles. The minimum absolute atomic E-state index is 0.133. The van der Waals surface area contributed by atoms with E-state index in [-0.39, 0.29) is 5.91 Å². The second-order valence-electron chi connectivity index (χ2n) is 3.82. The van der Waals surface area contributed by atoms with Gasteiger partial charge < -0.3 is 5.32 Å². The van der Waals surface area contributed by atoms with Crippen LogP contribution in [0, 0.1) is 6.92 Å². The Hall–Kier alpha value is -0.610. The third-order valence-electron chi connectivity index (χ3n) is 2.23. The van der Waals surface area contributed by atoms with Crippen LogP contribution in [0.5, 0.6) is 0 Å². The lowest BCUT2D eigenvalue weighted by atomic mass is 10.2. The third kappa shape index (κ3) is 6.64. The van der Waals surface area contributed by atoms with Gasteiger partial charge in [0.05, 0.1) is 5.75 Å². The normalized spacial score (nSPS) is 10.2. The zero-order chi connectivity index (χ0) is 12.5. The van der Waals surface area contributed by atoms with Crippen molar-refractivity contribution in [2.24, 2.45) is 0 Å². The van der Waals surface area contributed by atoms with E-state index in [9.17, 15) is 4.79 Å². The SMILES string of the molecule is CSCC(=O)NCCSCc1ccc(C)cc1. The highest BCUT2D eigenvalue weighted by atomic mass is 32.2. The number of nitrogens with one attached hydrogen (secondary N) is 1. The van der Waals surface area contributed by atoms with Gasteiger partial charge in [-0.25, -0.2) is 0 Å². The fraction of sp³-hybridized carbons (Fsp3) is 0.462. The molecule has 1 aromatic carbocycles. The Morgan fingerprint density at radius 1 is 1.29 bits per heavy atom. The minimum atomic E-state index is 0.133. The zero-order valence-corrected chi connectivity index (χ0v) is 12.0. The first-order valence-corrected chi connectivity index (χ1v) is 8.16. The quantitative estimate of drug-likeness (QED) is 0.772. The summed E-state index contributed by atoms with van der Waals surface area (Å²) in [6.45, 7) is 2.86. The molecule has 94 valence electrons. The zero-order valence-electron chi connectivity index (χ0n) is 10.4. The molecule has 0 aliphatic rings. The van der Waals surface area contributed by atoms with Crippen LogP contribution in [0.15, 0.2) is 24.3 Å². The van der Waals surface area contributed by atoms with E-state index in [1.165, 1.54) is 11.1 Å². The van der Waals surface area contributed by atoms with Gasteiger partial charge in [-0.1, -0.05) is 29.8 Å². The molecule has 0 saturated heterocycles. The molecule has 1 amide bonds. The predicted molar refractivity (Wildman–Crippen MR) is 78.7 cm³/mol. The van der Waals surface area contributed by atoms with E-state index in [1.54, 1.807) is 11.8 Å². The lowest BCUT2D eigenvalue weighted by Gasteiger charge is -2.04. The molecule has 0 aliphatic heterocycles. The van der Waals surface area contributed by atoms with Crippen molar-refractivity contribution in [3.63, 3.8) is 0 Å². The molecule has 1 N–H and O–H groups in total. The highest BCUT2D eigenvalue weighted by Crippen LogP contribution is 2.12. The van der Waals surface area contributed by atoms with E-state index in [0.29, 0.717) is 5.75 Å². The maximum absolute atomic E-state index is 11.2. The number of thioether (sulfide) groups is 2. The summed E-state index contributed by atoms with van der Waals surface area (Å²) in [7, 11) is 0. The van der Waals surface area contributed by atoms with Gasteiger partial charge in [-0.15, -0.1) is 0 Å². The molecule has 0 bridgehead atoms. The Balaban J connectivity index is 2.08. The summed E-state index contributed by atoms with van der Waals surface area (Å²) < 4.78 is 0. The topological polar surface area (TPSA) is 29.1 Å². The molecule has 0 aliphatic carbocycles. The average Bonchev–Trinajstić information content (AvgIpc) is 2.31. The van der Waals surface area contributed by atoms with Gasteiger partial charge in [-0.2, -0.15) is 23.5 Å². The first-order chi connectivity index (χ1) is 8.22. The molecule has 0 aromatic heterocycles. The number of carbonyl (C=O) groups excluding carboxylic acids is 1. The largest absolute Gasteiger partial charge is 0.355 e. The van der Waals surface area contributed by atoms with Crippen LogP contribution in [0.3, 0.4) is 0 Å². The van der Waals surface area contributed by atoms with Gasteiger partial charge in [0, 0.05) is 18.1 Å². The molecule has 0 radical (unpaired) electrons. The van der Waals surface area contributed by atoms with Crippen LogP contribution in [0.2, 0.25) is 0 Å². The summed E-state index contributed by atoms with van der Waals surface area (Å²) in [4.78, 5) is 11.2. The van der Waals surface area contributed by atoms with Crippen LogP contribution in [-0.2, 0) is 10.5 Å². The number of rotatable bonds is 7. The van der Waals surface area contributed by atoms with Crippen molar-refractivity contribution in [2.45, 2.75) is 12.7 Å². The average molecular weight is 269 g/mol. The Labute approximate surface area is 112 Å². The van der Waals surface area contributed by atoms with Crippen molar-refractivity contribution >= 4 is 29.4 Å². The van der Waals surface area contributed by atoms with Crippen LogP contribution in [0.4, 0.5) is 0 Å². The van der Waals surface area contributed by atoms with Gasteiger partial charge in [0.25, 0.3) is 0 Å². The smallest absolute Gasteiger partial charge is 0.230 e. The maximum Gasteiger partial charge on any atom is 0.230 e. The van der Waals surface area contributed by atoms with Crippen LogP contribution in [0.25, 0.3) is 0 Å². The van der Waals surface area contributed by atoms with Crippen molar-refractivity contribution < 1.29 is 4.79 Å². The standard InChI is InChI=1S/C13H19NOS2/c1-11-3-5-12(6-4-11)9-17-8-7-14-13(15)10-16-2/h3-6H,7-10H2,1-2H3,(H,14,15). The summed E-state index contributed by atoms with van der Waals surface area (Å²) in [5.41, 5.74) is 2.64. The van der Waals surface area contributed by atoms with Gasteiger partial charge in [-0.05, 0) is 18.7 Å². The van der Waals surface area contributed by atoms with E-state index >= 15 is 0 Å². The third-order valence-corrected chi connectivity index (χ3v) is 3.81. The Morgan fingerprint density at radius 2 is 2.00 bits per heavy atom. The summed E-state index contributed by atoms with van der Waals surface area (Å²) in [6.07, 6.45) is 1.94. The summed E-state index contributed by atoms with van der Waals surface area (Å²) in [5.74, 6) is 2.67. The fourth-order valence-electron chi connectivity index (χ4n) is 1.32. The van der Waals surface area contributed by atoms with Crippen molar-refractivity contribution in [1.29, 1.82) is 0 Å². The molecule has 0 spiro atoms. The molecular formula is C13H19NOS2. The van der Waals surface area contributed by atoms with Crippen LogP contribution in [-0.4, -0.2) is 30.2 Å². The number of hydrogen-bond acceptors (Lipinski definition) is 3. The van der Waals surface area contributed by atoms with Crippen LogP contribution in [0.1, 0.15) is 11.1 Å². The van der Waals surface area contributed by atoms with Gasteiger partial charge in [0.2, 0.25) is 5.91 Å². The van der Waals surface area contributed by atoms with Gasteiger partial charge in [0.1, 0.15) is 0 Å². The van der Waals surface area contributed by atoms with E-state index in [2.05, 4.69) is 36.5 Å². The number of carbonyl (C=O) groups is 1. The lowest BCUT2D eigenvalue weighted by molar-refractivity contribution is -0.118. The van der Waals surface area contributed by atoms with Gasteiger partial charge in [-0.3, -0.25) is 4.79 Å². The summed E-state index contributed by atoms with van der Waals surface area (Å²) in [5, 5.41) is 2.90. The minimum Gasteiger partial charge on any atom is -0.355 e. The summed E-state index contributed by atoms with van der Waals surface area (Å²) >= 11 is 3.40. The van der Waals surface area contributed by atoms with Crippen molar-refractivity contribution in [3.8, 4) is 0 Å². The Kier molecular flexibility index (Phi) is 7.21. The number of amides is 1. The molecule has 0 fully saturated rings. The van der Waals surface area contributed by atoms with Crippen molar-refractivity contribution in [1.82, 2.24) is 5.32 Å². The molecule has 1 rings (SSSR count). The second-order valence-corrected chi connectivity index (χ2v) is 5.79. The summed E-state index contributed by atoms with van der Waals surface area (Å²) in [6, 6.07) is 8.59. The van der Waals surface area contributed by atoms with E-state index in [4.69, 9.17) is 0 Å². The maximum atomic E-state index is 11.2. The molecule has 0 unspecified atom stereocenters. The highest BCUT2D eigenvalue weighted by molar-refractivity contribution is 7.99. The van der Waals surface area contributed by atoms with Gasteiger partial charge in [0.15, 0.2) is 0 Å². The lowest BCUT2D eigenvalue weighted by Crippen LogP contribution is -2.27. The van der Waals surface area contributed by atoms with E-state index in [0.717, 1.165) is 18.1 Å². The molecule has 1 aromatic rings. The first-order valence-electron chi connectivity index (χ1n) is 5.61. The molecule has 17 heavy (non-hydrogen) atoms. The number of benzene rings is 1. The number of hydrogen-bond donors (Lipinski definition) is 1. The first kappa shape index (κ1) is 14.5. The molecule has 0 atom stereocenters. The van der Waals surface area contributed by atoms with Crippen molar-refractivity contribution in [2.75, 3.05) is 24.3 Å². The monoisotopic (exact) mass is 269 g/mol. The predicted octanol–water partition coefficient (Wildman–Crippen LogP) is 2.71. The Bertz CT molecular complexity index is 338. The Morgan fingerprint density at radius 3 is 2.65 bits per heavy atom.